The van der Waals surface area contributed by atoms with Gasteiger partial charge in [0.2, 0.25) is 0 Å². The number of nitrogens with one attached hydrogen (secondary N) is 1. The van der Waals surface area contributed by atoms with Gasteiger partial charge in [-0.1, -0.05) is 18.6 Å². The summed E-state index contributed by atoms with van der Waals surface area (Å²) in [5.41, 5.74) is 0. The Morgan fingerprint density at radius 1 is 1.29 bits per heavy atom. The van der Waals surface area contributed by atoms with Crippen molar-refractivity contribution in [1.29, 1.82) is 0 Å². The maximum Gasteiger partial charge on any atom is 0.306 e. The second-order valence-electron chi connectivity index (χ2n) is 5.80. The number of ether oxygens (including phenoxy) is 2. The quantitative estimate of drug-likeness (QED) is 0.889. The van der Waals surface area contributed by atoms with E-state index in [2.05, 4.69) is 5.32 Å². The summed E-state index contributed by atoms with van der Waals surface area (Å²) in [6.07, 6.45) is 3.49. The normalized spacial score (nSPS) is 28.1. The zero-order valence-corrected chi connectivity index (χ0v) is 12.0. The van der Waals surface area contributed by atoms with E-state index in [-0.39, 0.29) is 18.1 Å². The minimum atomic E-state index is -0.673. The Hall–Kier alpha value is -1.75. The van der Waals surface area contributed by atoms with E-state index in [1.807, 2.05) is 24.3 Å². The van der Waals surface area contributed by atoms with Crippen molar-refractivity contribution >= 4 is 5.97 Å². The lowest BCUT2D eigenvalue weighted by atomic mass is 9.86. The maximum atomic E-state index is 11.1. The van der Waals surface area contributed by atoms with E-state index in [0.29, 0.717) is 19.6 Å². The molecule has 1 aliphatic carbocycles. The molecule has 1 heterocycles. The number of rotatable bonds is 4. The van der Waals surface area contributed by atoms with E-state index in [1.54, 1.807) is 0 Å². The smallest absolute Gasteiger partial charge is 0.306 e. The van der Waals surface area contributed by atoms with Crippen molar-refractivity contribution < 1.29 is 19.4 Å². The average molecular weight is 291 g/mol. The highest BCUT2D eigenvalue weighted by atomic mass is 16.6. The van der Waals surface area contributed by atoms with E-state index in [9.17, 15) is 4.79 Å². The molecule has 0 spiro atoms. The van der Waals surface area contributed by atoms with Crippen molar-refractivity contribution in [3.8, 4) is 11.5 Å². The fourth-order valence-electron chi connectivity index (χ4n) is 3.06. The number of hydrogen-bond donors (Lipinski definition) is 2. The second kappa shape index (κ2) is 6.35. The summed E-state index contributed by atoms with van der Waals surface area (Å²) in [6, 6.07) is 7.92. The topological polar surface area (TPSA) is 67.8 Å². The molecule has 0 radical (unpaired) electrons. The molecule has 2 aliphatic rings. The van der Waals surface area contributed by atoms with Crippen molar-refractivity contribution in [1.82, 2.24) is 5.32 Å². The minimum absolute atomic E-state index is 0.0231. The molecule has 5 nitrogen and oxygen atoms in total. The highest BCUT2D eigenvalue weighted by molar-refractivity contribution is 5.70. The fraction of sp³-hybridized carbons (Fsp3) is 0.562. The van der Waals surface area contributed by atoms with Crippen LogP contribution in [0.15, 0.2) is 24.3 Å². The standard InChI is InChI=1S/C16H21NO4/c18-16(19)11-4-3-5-12(8-11)17-9-13-10-20-14-6-1-2-7-15(14)21-13/h1-2,6-7,11-13,17H,3-5,8-10H2,(H,18,19). The molecule has 1 aromatic carbocycles. The van der Waals surface area contributed by atoms with Gasteiger partial charge in [0.1, 0.15) is 12.7 Å². The monoisotopic (exact) mass is 291 g/mol. The van der Waals surface area contributed by atoms with Crippen molar-refractivity contribution in [2.45, 2.75) is 37.8 Å². The van der Waals surface area contributed by atoms with Crippen LogP contribution in [0.1, 0.15) is 25.7 Å². The second-order valence-corrected chi connectivity index (χ2v) is 5.80. The van der Waals surface area contributed by atoms with Crippen LogP contribution in [0.4, 0.5) is 0 Å². The third kappa shape index (κ3) is 3.47. The molecule has 1 fully saturated rings. The Labute approximate surface area is 124 Å². The Morgan fingerprint density at radius 2 is 2.10 bits per heavy atom. The van der Waals surface area contributed by atoms with Crippen molar-refractivity contribution in [3.63, 3.8) is 0 Å². The third-order valence-electron chi connectivity index (χ3n) is 4.23. The molecule has 3 rings (SSSR count). The van der Waals surface area contributed by atoms with Gasteiger partial charge in [-0.25, -0.2) is 0 Å². The Bertz CT molecular complexity index is 505. The Balaban J connectivity index is 1.49. The van der Waals surface area contributed by atoms with Gasteiger partial charge in [0, 0.05) is 12.6 Å². The van der Waals surface area contributed by atoms with Gasteiger partial charge in [-0.05, 0) is 31.4 Å². The van der Waals surface area contributed by atoms with E-state index in [1.165, 1.54) is 0 Å². The molecule has 1 saturated carbocycles. The SMILES string of the molecule is O=C(O)C1CCCC(NCC2COc3ccccc3O2)C1. The number of para-hydroxylation sites is 2. The third-order valence-corrected chi connectivity index (χ3v) is 4.23. The lowest BCUT2D eigenvalue weighted by Gasteiger charge is -2.31. The number of benzene rings is 1. The van der Waals surface area contributed by atoms with E-state index >= 15 is 0 Å². The van der Waals surface area contributed by atoms with Crippen LogP contribution in [-0.4, -0.2) is 36.4 Å². The number of carboxylic acid groups (broad SMARTS) is 1. The lowest BCUT2D eigenvalue weighted by molar-refractivity contribution is -0.143. The number of carbonyl (C=O) groups is 1. The Morgan fingerprint density at radius 3 is 2.90 bits per heavy atom. The molecule has 1 aliphatic heterocycles. The van der Waals surface area contributed by atoms with E-state index in [0.717, 1.165) is 30.8 Å². The van der Waals surface area contributed by atoms with Gasteiger partial charge in [-0.2, -0.15) is 0 Å². The minimum Gasteiger partial charge on any atom is -0.486 e. The lowest BCUT2D eigenvalue weighted by Crippen LogP contribution is -2.44. The molecule has 114 valence electrons. The first-order valence-electron chi connectivity index (χ1n) is 7.57. The van der Waals surface area contributed by atoms with Crippen LogP contribution >= 0.6 is 0 Å². The molecule has 3 atom stereocenters. The first kappa shape index (κ1) is 14.2. The summed E-state index contributed by atoms with van der Waals surface area (Å²) >= 11 is 0. The van der Waals surface area contributed by atoms with E-state index < -0.39 is 5.97 Å². The number of fused-ring (bicyclic) bond motifs is 1. The zero-order valence-electron chi connectivity index (χ0n) is 12.0. The van der Waals surface area contributed by atoms with Gasteiger partial charge >= 0.3 is 5.97 Å². The van der Waals surface area contributed by atoms with Gasteiger partial charge in [-0.3, -0.25) is 4.79 Å². The molecular formula is C16H21NO4. The number of carboxylic acids is 1. The first-order valence-corrected chi connectivity index (χ1v) is 7.57. The van der Waals surface area contributed by atoms with Crippen LogP contribution in [0.5, 0.6) is 11.5 Å². The first-order chi connectivity index (χ1) is 10.2. The summed E-state index contributed by atoms with van der Waals surface area (Å²) in [5.74, 6) is 0.688. The summed E-state index contributed by atoms with van der Waals surface area (Å²) in [5, 5.41) is 12.5. The number of aliphatic carboxylic acids is 1. The molecule has 5 heteroatoms. The molecule has 0 saturated heterocycles. The Kier molecular flexibility index (Phi) is 4.29. The van der Waals surface area contributed by atoms with Gasteiger partial charge in [-0.15, -0.1) is 0 Å². The van der Waals surface area contributed by atoms with Crippen molar-refractivity contribution in [2.75, 3.05) is 13.2 Å². The number of hydrogen-bond acceptors (Lipinski definition) is 4. The van der Waals surface area contributed by atoms with Crippen LogP contribution < -0.4 is 14.8 Å². The van der Waals surface area contributed by atoms with Crippen molar-refractivity contribution in [3.05, 3.63) is 24.3 Å². The highest BCUT2D eigenvalue weighted by Crippen LogP contribution is 2.31. The predicted octanol–water partition coefficient (Wildman–Crippen LogP) is 2.06. The molecule has 1 aromatic rings. The molecule has 2 N–H and O–H groups in total. The zero-order chi connectivity index (χ0) is 14.7. The molecule has 21 heavy (non-hydrogen) atoms. The van der Waals surface area contributed by atoms with Crippen molar-refractivity contribution in [2.24, 2.45) is 5.92 Å². The summed E-state index contributed by atoms with van der Waals surface area (Å²) in [6.45, 7) is 1.21. The van der Waals surface area contributed by atoms with Gasteiger partial charge in [0.05, 0.1) is 5.92 Å². The average Bonchev–Trinajstić information content (AvgIpc) is 2.53. The van der Waals surface area contributed by atoms with Crippen LogP contribution in [0, 0.1) is 5.92 Å². The van der Waals surface area contributed by atoms with Crippen LogP contribution in [0.2, 0.25) is 0 Å². The molecule has 3 unspecified atom stereocenters. The van der Waals surface area contributed by atoms with Crippen LogP contribution in [0.3, 0.4) is 0 Å². The largest absolute Gasteiger partial charge is 0.486 e. The molecule has 0 bridgehead atoms. The van der Waals surface area contributed by atoms with Gasteiger partial charge in [0.15, 0.2) is 11.5 Å². The van der Waals surface area contributed by atoms with Gasteiger partial charge in [0.25, 0.3) is 0 Å². The molecule has 0 amide bonds. The highest BCUT2D eigenvalue weighted by Gasteiger charge is 2.28. The van der Waals surface area contributed by atoms with E-state index in [4.69, 9.17) is 14.6 Å². The predicted molar refractivity (Wildman–Crippen MR) is 77.7 cm³/mol. The summed E-state index contributed by atoms with van der Waals surface area (Å²) in [7, 11) is 0. The summed E-state index contributed by atoms with van der Waals surface area (Å²) < 4.78 is 11.6. The molecular weight excluding hydrogens is 270 g/mol. The molecule has 0 aromatic heterocycles. The fourth-order valence-corrected chi connectivity index (χ4v) is 3.06. The van der Waals surface area contributed by atoms with Crippen LogP contribution in [0.25, 0.3) is 0 Å². The summed E-state index contributed by atoms with van der Waals surface area (Å²) in [4.78, 5) is 11.1. The van der Waals surface area contributed by atoms with Gasteiger partial charge < -0.3 is 19.9 Å². The van der Waals surface area contributed by atoms with Crippen LogP contribution in [-0.2, 0) is 4.79 Å². The maximum absolute atomic E-state index is 11.1.